The van der Waals surface area contributed by atoms with Gasteiger partial charge in [-0.25, -0.2) is 8.42 Å². The van der Waals surface area contributed by atoms with Crippen LogP contribution in [0.25, 0.3) is 0 Å². The van der Waals surface area contributed by atoms with Crippen molar-refractivity contribution >= 4 is 21.4 Å². The number of hydrogen-bond donors (Lipinski definition) is 1. The van der Waals surface area contributed by atoms with E-state index in [2.05, 4.69) is 0 Å². The third-order valence-corrected chi connectivity index (χ3v) is 6.93. The molecule has 1 saturated heterocycles. The van der Waals surface area contributed by atoms with Gasteiger partial charge >= 0.3 is 0 Å². The first-order valence-electron chi connectivity index (χ1n) is 9.14. The average Bonchev–Trinajstić information content (AvgIpc) is 2.68. The first kappa shape index (κ1) is 20.2. The lowest BCUT2D eigenvalue weighted by Crippen LogP contribution is -3.12. The standard InChI is InChI=1S/C19H24N4O4S/c1-20-10-12-22(13-11-20)28(26,27)17-8-9-18(19(14-17)23(24)25)21(2)15-16-6-4-3-5-7-16/h3-9,14H,10-13,15H2,1-2H3/p+1. The molecule has 0 bridgehead atoms. The number of nitrogens with zero attached hydrogens (tertiary/aromatic N) is 3. The summed E-state index contributed by atoms with van der Waals surface area (Å²) in [6, 6.07) is 13.8. The third kappa shape index (κ3) is 4.32. The molecule has 0 aliphatic carbocycles. The van der Waals surface area contributed by atoms with Crippen molar-refractivity contribution in [3.63, 3.8) is 0 Å². The molecule has 2 aromatic carbocycles. The molecule has 0 atom stereocenters. The van der Waals surface area contributed by atoms with Gasteiger partial charge in [0.15, 0.2) is 0 Å². The second kappa shape index (κ2) is 8.26. The molecule has 1 fully saturated rings. The van der Waals surface area contributed by atoms with E-state index in [0.717, 1.165) is 18.7 Å². The van der Waals surface area contributed by atoms with Gasteiger partial charge in [0.2, 0.25) is 10.0 Å². The number of sulfonamides is 1. The molecule has 1 aliphatic rings. The summed E-state index contributed by atoms with van der Waals surface area (Å²) in [5.74, 6) is 0. The number of likely N-dealkylation sites (N-methyl/N-ethyl adjacent to an activating group) is 1. The number of nitrogens with one attached hydrogen (secondary N) is 1. The van der Waals surface area contributed by atoms with Gasteiger partial charge in [-0.1, -0.05) is 30.3 Å². The van der Waals surface area contributed by atoms with Gasteiger partial charge in [0.25, 0.3) is 5.69 Å². The normalized spacial score (nSPS) is 16.1. The summed E-state index contributed by atoms with van der Waals surface area (Å²) in [5, 5.41) is 11.6. The van der Waals surface area contributed by atoms with Crippen LogP contribution in [0.4, 0.5) is 11.4 Å². The molecule has 0 unspecified atom stereocenters. The topological polar surface area (TPSA) is 88.2 Å². The number of hydrogen-bond acceptors (Lipinski definition) is 5. The van der Waals surface area contributed by atoms with Crippen molar-refractivity contribution in [2.45, 2.75) is 11.4 Å². The van der Waals surface area contributed by atoms with Crippen LogP contribution < -0.4 is 9.80 Å². The largest absolute Gasteiger partial charge is 0.365 e. The minimum atomic E-state index is -3.75. The lowest BCUT2D eigenvalue weighted by atomic mass is 10.2. The number of rotatable bonds is 6. The van der Waals surface area contributed by atoms with E-state index in [9.17, 15) is 18.5 Å². The van der Waals surface area contributed by atoms with E-state index in [0.29, 0.717) is 25.3 Å². The molecule has 0 saturated carbocycles. The molecule has 0 spiro atoms. The summed E-state index contributed by atoms with van der Waals surface area (Å²) in [6.45, 7) is 2.75. The molecule has 0 radical (unpaired) electrons. The van der Waals surface area contributed by atoms with E-state index in [1.165, 1.54) is 27.4 Å². The first-order chi connectivity index (χ1) is 13.3. The molecule has 3 rings (SSSR count). The number of anilines is 1. The molecule has 0 amide bonds. The van der Waals surface area contributed by atoms with E-state index in [4.69, 9.17) is 0 Å². The number of piperazine rings is 1. The molecular weight excluding hydrogens is 380 g/mol. The second-order valence-corrected chi connectivity index (χ2v) is 9.05. The zero-order valence-electron chi connectivity index (χ0n) is 16.0. The molecular formula is C19H25N4O4S+. The summed E-state index contributed by atoms with van der Waals surface area (Å²) in [5.41, 5.74) is 1.19. The Morgan fingerprint density at radius 2 is 1.79 bits per heavy atom. The van der Waals surface area contributed by atoms with Crippen LogP contribution in [0, 0.1) is 10.1 Å². The van der Waals surface area contributed by atoms with Crippen LogP contribution in [0.1, 0.15) is 5.56 Å². The summed E-state index contributed by atoms with van der Waals surface area (Å²) in [4.78, 5) is 14.1. The summed E-state index contributed by atoms with van der Waals surface area (Å²) < 4.78 is 27.3. The maximum Gasteiger partial charge on any atom is 0.293 e. The van der Waals surface area contributed by atoms with Gasteiger partial charge in [-0.2, -0.15) is 4.31 Å². The fraction of sp³-hybridized carbons (Fsp3) is 0.368. The first-order valence-corrected chi connectivity index (χ1v) is 10.6. The zero-order valence-corrected chi connectivity index (χ0v) is 16.9. The molecule has 150 valence electrons. The SMILES string of the molecule is CN(Cc1ccccc1)c1ccc(S(=O)(=O)N2CC[NH+](C)CC2)cc1[N+](=O)[O-]. The minimum absolute atomic E-state index is 0.0318. The van der Waals surface area contributed by atoms with E-state index < -0.39 is 14.9 Å². The van der Waals surface area contributed by atoms with Crippen LogP contribution in [0.15, 0.2) is 53.4 Å². The Kier molecular flexibility index (Phi) is 5.97. The van der Waals surface area contributed by atoms with Gasteiger partial charge in [0.1, 0.15) is 5.69 Å². The van der Waals surface area contributed by atoms with Gasteiger partial charge in [0, 0.05) is 19.7 Å². The van der Waals surface area contributed by atoms with Crippen LogP contribution >= 0.6 is 0 Å². The smallest absolute Gasteiger partial charge is 0.293 e. The lowest BCUT2D eigenvalue weighted by Gasteiger charge is -2.29. The Labute approximate surface area is 165 Å². The maximum absolute atomic E-state index is 12.9. The fourth-order valence-electron chi connectivity index (χ4n) is 3.33. The molecule has 0 aromatic heterocycles. The molecule has 2 aromatic rings. The molecule has 1 N–H and O–H groups in total. The predicted molar refractivity (Wildman–Crippen MR) is 107 cm³/mol. The quantitative estimate of drug-likeness (QED) is 0.566. The van der Waals surface area contributed by atoms with Crippen molar-refractivity contribution in [1.82, 2.24) is 4.31 Å². The van der Waals surface area contributed by atoms with Crippen LogP contribution in [-0.2, 0) is 16.6 Å². The van der Waals surface area contributed by atoms with Crippen LogP contribution in [0.2, 0.25) is 0 Å². The van der Waals surface area contributed by atoms with E-state index in [-0.39, 0.29) is 10.6 Å². The average molecular weight is 406 g/mol. The number of nitro groups is 1. The van der Waals surface area contributed by atoms with Crippen LogP contribution in [0.5, 0.6) is 0 Å². The molecule has 1 heterocycles. The van der Waals surface area contributed by atoms with Gasteiger partial charge < -0.3 is 9.80 Å². The van der Waals surface area contributed by atoms with Crippen molar-refractivity contribution in [1.29, 1.82) is 0 Å². The Hall–Kier alpha value is -2.49. The molecule has 8 nitrogen and oxygen atoms in total. The van der Waals surface area contributed by atoms with Gasteiger partial charge in [-0.3, -0.25) is 10.1 Å². The number of benzene rings is 2. The molecule has 9 heteroatoms. The van der Waals surface area contributed by atoms with E-state index >= 15 is 0 Å². The van der Waals surface area contributed by atoms with Crippen molar-refractivity contribution < 1.29 is 18.2 Å². The molecule has 28 heavy (non-hydrogen) atoms. The van der Waals surface area contributed by atoms with Crippen molar-refractivity contribution in [2.24, 2.45) is 0 Å². The summed E-state index contributed by atoms with van der Waals surface area (Å²) in [7, 11) is 0.0309. The highest BCUT2D eigenvalue weighted by Gasteiger charge is 2.31. The monoisotopic (exact) mass is 405 g/mol. The van der Waals surface area contributed by atoms with Gasteiger partial charge in [-0.15, -0.1) is 0 Å². The van der Waals surface area contributed by atoms with Gasteiger partial charge in [0.05, 0.1) is 43.0 Å². The minimum Gasteiger partial charge on any atom is -0.365 e. The number of quaternary nitrogens is 1. The lowest BCUT2D eigenvalue weighted by molar-refractivity contribution is -0.883. The van der Waals surface area contributed by atoms with Crippen LogP contribution in [-0.4, -0.2) is 57.9 Å². The van der Waals surface area contributed by atoms with E-state index in [1.54, 1.807) is 11.9 Å². The van der Waals surface area contributed by atoms with E-state index in [1.807, 2.05) is 37.4 Å². The second-order valence-electron chi connectivity index (χ2n) is 7.11. The van der Waals surface area contributed by atoms with Crippen molar-refractivity contribution in [2.75, 3.05) is 45.2 Å². The highest BCUT2D eigenvalue weighted by atomic mass is 32.2. The maximum atomic E-state index is 12.9. The fourth-order valence-corrected chi connectivity index (χ4v) is 4.79. The molecule has 1 aliphatic heterocycles. The van der Waals surface area contributed by atoms with Gasteiger partial charge in [-0.05, 0) is 17.7 Å². The highest BCUT2D eigenvalue weighted by molar-refractivity contribution is 7.89. The van der Waals surface area contributed by atoms with Crippen LogP contribution in [0.3, 0.4) is 0 Å². The Morgan fingerprint density at radius 1 is 1.14 bits per heavy atom. The highest BCUT2D eigenvalue weighted by Crippen LogP contribution is 2.32. The third-order valence-electron chi connectivity index (χ3n) is 5.03. The zero-order chi connectivity index (χ0) is 20.3. The van der Waals surface area contributed by atoms with Crippen molar-refractivity contribution in [3.8, 4) is 0 Å². The summed E-state index contributed by atoms with van der Waals surface area (Å²) in [6.07, 6.45) is 0. The van der Waals surface area contributed by atoms with Crippen molar-refractivity contribution in [3.05, 3.63) is 64.2 Å². The Balaban J connectivity index is 1.89. The number of nitro benzene ring substituents is 1. The summed E-state index contributed by atoms with van der Waals surface area (Å²) >= 11 is 0. The Bertz CT molecular complexity index is 942. The predicted octanol–water partition coefficient (Wildman–Crippen LogP) is 0.750. The Morgan fingerprint density at radius 3 is 2.39 bits per heavy atom.